The first-order valence-corrected chi connectivity index (χ1v) is 8.05. The largest absolute Gasteiger partial charge is 0.532 e. The predicted molar refractivity (Wildman–Crippen MR) is 65.7 cm³/mol. The van der Waals surface area contributed by atoms with Gasteiger partial charge in [0.2, 0.25) is 0 Å². The van der Waals surface area contributed by atoms with Gasteiger partial charge < -0.3 is 9.33 Å². The van der Waals surface area contributed by atoms with Crippen LogP contribution in [0, 0.1) is 0 Å². The highest BCUT2D eigenvalue weighted by molar-refractivity contribution is 6.74. The lowest BCUT2D eigenvalue weighted by Crippen LogP contribution is -2.42. The summed E-state index contributed by atoms with van der Waals surface area (Å²) in [7, 11) is 2.37. The molecule has 0 saturated heterocycles. The Labute approximate surface area is 90.1 Å². The van der Waals surface area contributed by atoms with Gasteiger partial charge in [0.05, 0.1) is 0 Å². The number of nitrogens with zero attached hydrogens (tertiary/aromatic N) is 1. The van der Waals surface area contributed by atoms with E-state index in [9.17, 15) is 0 Å². The molecule has 0 radical (unpaired) electrons. The molecule has 0 aliphatic carbocycles. The summed E-state index contributed by atoms with van der Waals surface area (Å²) in [6, 6.07) is 0. The van der Waals surface area contributed by atoms with Crippen molar-refractivity contribution in [3.63, 3.8) is 0 Å². The minimum atomic E-state index is -1.66. The molecule has 0 N–H and O–H groups in total. The molecule has 14 heavy (non-hydrogen) atoms. The molecule has 0 aromatic heterocycles. The average molecular weight is 215 g/mol. The van der Waals surface area contributed by atoms with Crippen molar-refractivity contribution in [1.82, 2.24) is 4.90 Å². The van der Waals surface area contributed by atoms with Crippen molar-refractivity contribution in [3.8, 4) is 0 Å². The molecule has 0 aromatic carbocycles. The highest BCUT2D eigenvalue weighted by Gasteiger charge is 2.39. The molecule has 0 amide bonds. The molecule has 0 aliphatic rings. The van der Waals surface area contributed by atoms with Crippen LogP contribution in [0.15, 0.2) is 12.0 Å². The van der Waals surface area contributed by atoms with E-state index in [2.05, 4.69) is 33.9 Å². The quantitative estimate of drug-likeness (QED) is 0.528. The minimum absolute atomic E-state index is 0.261. The molecule has 0 heterocycles. The van der Waals surface area contributed by atoms with Crippen molar-refractivity contribution in [2.75, 3.05) is 14.1 Å². The Kier molecular flexibility index (Phi) is 4.25. The van der Waals surface area contributed by atoms with E-state index in [0.717, 1.165) is 5.88 Å². The highest BCUT2D eigenvalue weighted by Crippen LogP contribution is 2.37. The number of hydrogen-bond donors (Lipinski definition) is 0. The maximum Gasteiger partial charge on any atom is 0.252 e. The van der Waals surface area contributed by atoms with Crippen LogP contribution in [0.2, 0.25) is 18.1 Å². The summed E-state index contributed by atoms with van der Waals surface area (Å²) in [5.74, 6) is 0.983. The smallest absolute Gasteiger partial charge is 0.252 e. The molecule has 3 heteroatoms. The maximum atomic E-state index is 6.14. The Morgan fingerprint density at radius 3 is 1.86 bits per heavy atom. The van der Waals surface area contributed by atoms with Gasteiger partial charge in [-0.25, -0.2) is 0 Å². The van der Waals surface area contributed by atoms with E-state index in [1.807, 2.05) is 32.0 Å². The third-order valence-electron chi connectivity index (χ3n) is 2.85. The van der Waals surface area contributed by atoms with E-state index in [-0.39, 0.29) is 5.04 Å². The van der Waals surface area contributed by atoms with Crippen LogP contribution < -0.4 is 0 Å². The van der Waals surface area contributed by atoms with Crippen LogP contribution in [-0.4, -0.2) is 27.3 Å². The van der Waals surface area contributed by atoms with E-state index >= 15 is 0 Å². The van der Waals surface area contributed by atoms with Crippen molar-refractivity contribution in [1.29, 1.82) is 0 Å². The lowest BCUT2D eigenvalue weighted by atomic mass is 10.2. The molecule has 0 bridgehead atoms. The van der Waals surface area contributed by atoms with Gasteiger partial charge in [-0.1, -0.05) is 20.8 Å². The van der Waals surface area contributed by atoms with Gasteiger partial charge >= 0.3 is 0 Å². The van der Waals surface area contributed by atoms with Crippen LogP contribution in [0.4, 0.5) is 0 Å². The number of hydrogen-bond acceptors (Lipinski definition) is 2. The summed E-state index contributed by atoms with van der Waals surface area (Å²) in [6.45, 7) is 13.3. The second-order valence-electron chi connectivity index (χ2n) is 5.38. The Morgan fingerprint density at radius 2 is 1.64 bits per heavy atom. The Hall–Kier alpha value is -0.443. The van der Waals surface area contributed by atoms with Crippen molar-refractivity contribution in [3.05, 3.63) is 12.0 Å². The lowest BCUT2D eigenvalue weighted by Gasteiger charge is -2.38. The zero-order valence-corrected chi connectivity index (χ0v) is 11.9. The van der Waals surface area contributed by atoms with Crippen molar-refractivity contribution in [2.45, 2.75) is 45.8 Å². The van der Waals surface area contributed by atoms with Crippen LogP contribution in [0.1, 0.15) is 27.7 Å². The van der Waals surface area contributed by atoms with Crippen LogP contribution in [-0.2, 0) is 4.43 Å². The second-order valence-corrected chi connectivity index (χ2v) is 10.1. The SMILES string of the molecule is C/C=C(\O[Si](C)(C)C(C)(C)C)N(C)C. The molecule has 0 saturated carbocycles. The first kappa shape index (κ1) is 13.6. The van der Waals surface area contributed by atoms with E-state index in [4.69, 9.17) is 4.43 Å². The standard InChI is InChI=1S/C11H25NOSi/c1-9-10(12(5)6)13-14(7,8)11(2,3)4/h9H,1-8H3/b10-9-. The average Bonchev–Trinajstić information content (AvgIpc) is 1.97. The summed E-state index contributed by atoms with van der Waals surface area (Å²) < 4.78 is 6.14. The molecule has 0 aliphatic heterocycles. The van der Waals surface area contributed by atoms with E-state index < -0.39 is 8.32 Å². The van der Waals surface area contributed by atoms with Crippen LogP contribution in [0.5, 0.6) is 0 Å². The van der Waals surface area contributed by atoms with Gasteiger partial charge in [-0.3, -0.25) is 0 Å². The number of allylic oxidation sites excluding steroid dienone is 1. The molecule has 0 aromatic rings. The highest BCUT2D eigenvalue weighted by atomic mass is 28.4. The summed E-state index contributed by atoms with van der Waals surface area (Å²) in [5.41, 5.74) is 0. The Balaban J connectivity index is 4.66. The van der Waals surface area contributed by atoms with Crippen molar-refractivity contribution in [2.24, 2.45) is 0 Å². The Morgan fingerprint density at radius 1 is 1.21 bits per heavy atom. The van der Waals surface area contributed by atoms with Gasteiger partial charge in [-0.2, -0.15) is 0 Å². The third kappa shape index (κ3) is 3.37. The van der Waals surface area contributed by atoms with Gasteiger partial charge in [0.25, 0.3) is 8.32 Å². The summed E-state index contributed by atoms with van der Waals surface area (Å²) in [4.78, 5) is 2.03. The van der Waals surface area contributed by atoms with E-state index in [1.54, 1.807) is 0 Å². The third-order valence-corrected chi connectivity index (χ3v) is 7.19. The molecule has 0 rings (SSSR count). The maximum absolute atomic E-state index is 6.14. The van der Waals surface area contributed by atoms with Gasteiger partial charge in [-0.15, -0.1) is 0 Å². The fourth-order valence-corrected chi connectivity index (χ4v) is 1.95. The van der Waals surface area contributed by atoms with E-state index in [0.29, 0.717) is 0 Å². The van der Waals surface area contributed by atoms with Crippen molar-refractivity contribution < 1.29 is 4.43 Å². The zero-order chi connectivity index (χ0) is 11.6. The topological polar surface area (TPSA) is 12.5 Å². The van der Waals surface area contributed by atoms with Crippen LogP contribution in [0.25, 0.3) is 0 Å². The first-order valence-electron chi connectivity index (χ1n) is 5.14. The fraction of sp³-hybridized carbons (Fsp3) is 0.818. The van der Waals surface area contributed by atoms with Gasteiger partial charge in [-0.05, 0) is 31.1 Å². The summed E-state index contributed by atoms with van der Waals surface area (Å²) >= 11 is 0. The Bertz CT molecular complexity index is 214. The fourth-order valence-electron chi connectivity index (χ4n) is 0.823. The van der Waals surface area contributed by atoms with Crippen molar-refractivity contribution >= 4 is 8.32 Å². The monoisotopic (exact) mass is 215 g/mol. The molecule has 0 fully saturated rings. The molecular weight excluding hydrogens is 190 g/mol. The molecule has 2 nitrogen and oxygen atoms in total. The van der Waals surface area contributed by atoms with Gasteiger partial charge in [0.1, 0.15) is 0 Å². The van der Waals surface area contributed by atoms with Gasteiger partial charge in [0, 0.05) is 14.1 Å². The molecule has 0 unspecified atom stereocenters. The van der Waals surface area contributed by atoms with Crippen LogP contribution in [0.3, 0.4) is 0 Å². The second kappa shape index (κ2) is 4.38. The van der Waals surface area contributed by atoms with Crippen LogP contribution >= 0.6 is 0 Å². The first-order chi connectivity index (χ1) is 6.12. The normalized spacial score (nSPS) is 14.1. The van der Waals surface area contributed by atoms with E-state index in [1.165, 1.54) is 0 Å². The number of rotatable bonds is 3. The summed E-state index contributed by atoms with van der Waals surface area (Å²) in [6.07, 6.45) is 2.03. The molecule has 84 valence electrons. The molecular formula is C11H25NOSi. The molecule has 0 atom stereocenters. The van der Waals surface area contributed by atoms with Gasteiger partial charge in [0.15, 0.2) is 5.88 Å². The molecule has 0 spiro atoms. The zero-order valence-electron chi connectivity index (χ0n) is 10.9. The summed E-state index contributed by atoms with van der Waals surface area (Å²) in [5, 5.41) is 0.261. The lowest BCUT2D eigenvalue weighted by molar-refractivity contribution is 0.261. The minimum Gasteiger partial charge on any atom is -0.532 e. The predicted octanol–water partition coefficient (Wildman–Crippen LogP) is 3.43.